The minimum atomic E-state index is -4.46. The van der Waals surface area contributed by atoms with E-state index in [2.05, 4.69) is 10.3 Å². The number of rotatable bonds is 3. The van der Waals surface area contributed by atoms with Crippen molar-refractivity contribution in [2.45, 2.75) is 51.2 Å². The number of nitrogens with zero attached hydrogens (tertiary/aromatic N) is 2. The van der Waals surface area contributed by atoms with Crippen LogP contribution in [0.5, 0.6) is 0 Å². The van der Waals surface area contributed by atoms with Crippen molar-refractivity contribution in [3.63, 3.8) is 0 Å². The fraction of sp³-hybridized carbons (Fsp3) is 0.684. The zero-order valence-electron chi connectivity index (χ0n) is 14.9. The van der Waals surface area contributed by atoms with Crippen molar-refractivity contribution < 1.29 is 18.0 Å². The highest BCUT2D eigenvalue weighted by molar-refractivity contribution is 5.80. The molecule has 3 aliphatic rings. The number of amides is 1. The lowest BCUT2D eigenvalue weighted by molar-refractivity contribution is -0.141. The van der Waals surface area contributed by atoms with Crippen LogP contribution in [-0.2, 0) is 11.0 Å². The molecule has 1 aliphatic heterocycles. The molecule has 142 valence electrons. The van der Waals surface area contributed by atoms with Crippen LogP contribution in [0.4, 0.5) is 19.0 Å². The van der Waals surface area contributed by atoms with E-state index in [0.29, 0.717) is 42.9 Å². The van der Waals surface area contributed by atoms with Crippen LogP contribution >= 0.6 is 0 Å². The molecule has 0 spiro atoms. The molecule has 7 heteroatoms. The molecular formula is C19H24F3N3O. The lowest BCUT2D eigenvalue weighted by atomic mass is 9.94. The van der Waals surface area contributed by atoms with Crippen LogP contribution in [-0.4, -0.2) is 30.0 Å². The van der Waals surface area contributed by atoms with Gasteiger partial charge in [0, 0.05) is 19.1 Å². The highest BCUT2D eigenvalue weighted by Crippen LogP contribution is 2.44. The van der Waals surface area contributed by atoms with Gasteiger partial charge in [-0.1, -0.05) is 6.42 Å². The summed E-state index contributed by atoms with van der Waals surface area (Å²) in [7, 11) is 0. The Balaban J connectivity index is 1.40. The summed E-state index contributed by atoms with van der Waals surface area (Å²) in [6, 6.07) is 3.01. The molecule has 4 atom stereocenters. The van der Waals surface area contributed by atoms with Gasteiger partial charge >= 0.3 is 6.18 Å². The monoisotopic (exact) mass is 367 g/mol. The number of carbonyl (C=O) groups is 1. The van der Waals surface area contributed by atoms with E-state index < -0.39 is 11.9 Å². The molecule has 26 heavy (non-hydrogen) atoms. The largest absolute Gasteiger partial charge is 0.433 e. The van der Waals surface area contributed by atoms with Gasteiger partial charge < -0.3 is 10.2 Å². The maximum Gasteiger partial charge on any atom is 0.433 e. The normalized spacial score (nSPS) is 30.8. The van der Waals surface area contributed by atoms with Gasteiger partial charge in [-0.3, -0.25) is 4.79 Å². The van der Waals surface area contributed by atoms with E-state index in [-0.39, 0.29) is 11.8 Å². The van der Waals surface area contributed by atoms with E-state index in [9.17, 15) is 18.0 Å². The van der Waals surface area contributed by atoms with E-state index in [1.807, 2.05) is 0 Å². The number of aromatic nitrogens is 1. The maximum absolute atomic E-state index is 13.0. The number of hydrogen-bond donors (Lipinski definition) is 1. The van der Waals surface area contributed by atoms with Gasteiger partial charge in [-0.15, -0.1) is 0 Å². The van der Waals surface area contributed by atoms with E-state index in [1.54, 1.807) is 17.9 Å². The molecule has 1 N–H and O–H groups in total. The summed E-state index contributed by atoms with van der Waals surface area (Å²) >= 11 is 0. The van der Waals surface area contributed by atoms with E-state index in [4.69, 9.17) is 0 Å². The van der Waals surface area contributed by atoms with E-state index >= 15 is 0 Å². The smallest absolute Gasteiger partial charge is 0.356 e. The number of carbonyl (C=O) groups excluding carboxylic acids is 1. The molecule has 2 aliphatic carbocycles. The number of anilines is 1. The first-order chi connectivity index (χ1) is 12.3. The molecule has 2 heterocycles. The van der Waals surface area contributed by atoms with Crippen molar-refractivity contribution in [1.29, 1.82) is 0 Å². The Bertz CT molecular complexity index is 706. The molecule has 0 aromatic carbocycles. The molecule has 4 nitrogen and oxygen atoms in total. The van der Waals surface area contributed by atoms with E-state index in [0.717, 1.165) is 18.4 Å². The minimum Gasteiger partial charge on any atom is -0.356 e. The maximum atomic E-state index is 13.0. The topological polar surface area (TPSA) is 45.2 Å². The molecule has 2 saturated carbocycles. The Morgan fingerprint density at radius 1 is 1.23 bits per heavy atom. The number of fused-ring (bicyclic) bond motifs is 2. The third-order valence-corrected chi connectivity index (χ3v) is 6.20. The number of pyridine rings is 1. The Morgan fingerprint density at radius 2 is 2.04 bits per heavy atom. The van der Waals surface area contributed by atoms with Gasteiger partial charge in [0.05, 0.1) is 5.92 Å². The Kier molecular flexibility index (Phi) is 4.35. The summed E-state index contributed by atoms with van der Waals surface area (Å²) in [5.41, 5.74) is -0.348. The second-order valence-electron chi connectivity index (χ2n) is 8.11. The second-order valence-corrected chi connectivity index (χ2v) is 8.11. The van der Waals surface area contributed by atoms with Crippen LogP contribution in [0.2, 0.25) is 0 Å². The molecule has 2 bridgehead atoms. The van der Waals surface area contributed by atoms with Crippen LogP contribution in [0.15, 0.2) is 12.1 Å². The Hall–Kier alpha value is -1.79. The Morgan fingerprint density at radius 3 is 2.69 bits per heavy atom. The third-order valence-electron chi connectivity index (χ3n) is 6.20. The summed E-state index contributed by atoms with van der Waals surface area (Å²) in [5, 5.41) is 3.21. The van der Waals surface area contributed by atoms with Crippen molar-refractivity contribution in [3.05, 3.63) is 23.4 Å². The van der Waals surface area contributed by atoms with Crippen LogP contribution in [0.3, 0.4) is 0 Å². The summed E-state index contributed by atoms with van der Waals surface area (Å²) in [6.45, 7) is 2.62. The standard InChI is InChI=1S/C19H24F3N3O/c1-11-6-16(19(20,21)22)24-17(7-11)25-5-4-14(10-25)18(26)23-15-9-12-2-3-13(15)8-12/h6-7,12-15H,2-5,8-10H2,1H3,(H,23,26)/t12-,13+,14+,15-/m1/s1. The molecule has 0 unspecified atom stereocenters. The molecule has 1 saturated heterocycles. The molecule has 1 aromatic rings. The summed E-state index contributed by atoms with van der Waals surface area (Å²) in [4.78, 5) is 18.2. The highest BCUT2D eigenvalue weighted by Gasteiger charge is 2.41. The summed E-state index contributed by atoms with van der Waals surface area (Å²) in [5.74, 6) is 1.57. The van der Waals surface area contributed by atoms with Crippen LogP contribution in [0.25, 0.3) is 0 Å². The number of hydrogen-bond acceptors (Lipinski definition) is 3. The first kappa shape index (κ1) is 17.6. The van der Waals surface area contributed by atoms with Gasteiger partial charge in [-0.05, 0) is 62.1 Å². The highest BCUT2D eigenvalue weighted by atomic mass is 19.4. The predicted octanol–water partition coefficient (Wildman–Crippen LogP) is 3.54. The lowest BCUT2D eigenvalue weighted by Crippen LogP contribution is -2.42. The van der Waals surface area contributed by atoms with Gasteiger partial charge in [0.1, 0.15) is 11.5 Å². The van der Waals surface area contributed by atoms with Crippen molar-refractivity contribution in [2.24, 2.45) is 17.8 Å². The van der Waals surface area contributed by atoms with Gasteiger partial charge in [-0.2, -0.15) is 13.2 Å². The zero-order chi connectivity index (χ0) is 18.5. The predicted molar refractivity (Wildman–Crippen MR) is 91.7 cm³/mol. The van der Waals surface area contributed by atoms with Gasteiger partial charge in [0.25, 0.3) is 0 Å². The number of alkyl halides is 3. The van der Waals surface area contributed by atoms with Crippen LogP contribution < -0.4 is 10.2 Å². The molecule has 3 fully saturated rings. The molecule has 4 rings (SSSR count). The lowest BCUT2D eigenvalue weighted by Gasteiger charge is -2.25. The quantitative estimate of drug-likeness (QED) is 0.889. The number of nitrogens with one attached hydrogen (secondary N) is 1. The average Bonchev–Trinajstić information content (AvgIpc) is 3.30. The van der Waals surface area contributed by atoms with Crippen LogP contribution in [0, 0.1) is 24.7 Å². The van der Waals surface area contributed by atoms with Crippen molar-refractivity contribution >= 4 is 11.7 Å². The fourth-order valence-corrected chi connectivity index (χ4v) is 4.86. The van der Waals surface area contributed by atoms with Crippen molar-refractivity contribution in [2.75, 3.05) is 18.0 Å². The Labute approximate surface area is 151 Å². The number of aryl methyl sites for hydroxylation is 1. The molecular weight excluding hydrogens is 343 g/mol. The minimum absolute atomic E-state index is 0.0498. The average molecular weight is 367 g/mol. The SMILES string of the molecule is Cc1cc(N2CC[C@H](C(=O)N[C@@H]3C[C@@H]4CC[C@H]3C4)C2)nc(C(F)(F)F)c1. The molecule has 1 aromatic heterocycles. The second kappa shape index (κ2) is 6.43. The van der Waals surface area contributed by atoms with Crippen LogP contribution in [0.1, 0.15) is 43.4 Å². The molecule has 1 amide bonds. The van der Waals surface area contributed by atoms with Gasteiger partial charge in [-0.25, -0.2) is 4.98 Å². The van der Waals surface area contributed by atoms with Gasteiger partial charge in [0.2, 0.25) is 5.91 Å². The van der Waals surface area contributed by atoms with Gasteiger partial charge in [0.15, 0.2) is 0 Å². The van der Waals surface area contributed by atoms with Crippen molar-refractivity contribution in [1.82, 2.24) is 10.3 Å². The number of halogens is 3. The third kappa shape index (κ3) is 3.40. The summed E-state index contributed by atoms with van der Waals surface area (Å²) in [6.07, 6.45) is 1.01. The van der Waals surface area contributed by atoms with Crippen molar-refractivity contribution in [3.8, 4) is 0 Å². The summed E-state index contributed by atoms with van der Waals surface area (Å²) < 4.78 is 39.0. The first-order valence-corrected chi connectivity index (χ1v) is 9.41. The fourth-order valence-electron chi connectivity index (χ4n) is 4.86. The first-order valence-electron chi connectivity index (χ1n) is 9.41. The van der Waals surface area contributed by atoms with E-state index in [1.165, 1.54) is 19.3 Å². The molecule has 0 radical (unpaired) electrons. The zero-order valence-corrected chi connectivity index (χ0v) is 14.9.